The van der Waals surface area contributed by atoms with Crippen LogP contribution in [0.5, 0.6) is 0 Å². The van der Waals surface area contributed by atoms with Crippen molar-refractivity contribution in [2.24, 2.45) is 20.4 Å². The van der Waals surface area contributed by atoms with E-state index in [0.717, 1.165) is 5.56 Å². The van der Waals surface area contributed by atoms with Gasteiger partial charge in [-0.2, -0.15) is 10.2 Å². The summed E-state index contributed by atoms with van der Waals surface area (Å²) in [6, 6.07) is 45.1. The largest absolute Gasteiger partial charge is 2.00 e. The van der Waals surface area contributed by atoms with Crippen molar-refractivity contribution in [1.82, 2.24) is 15.6 Å². The molecule has 0 aliphatic carbocycles. The van der Waals surface area contributed by atoms with Crippen molar-refractivity contribution < 1.29 is 17.1 Å². The SMILES string of the molecule is CN/C([S-])=N/N=C(/C(=N/N=C(\[S-])NC[P+](c1ccccc1)(c1ccccc1)c1ccccc1)c1ccccc1)c1cccnc1.[Cu+2]. The molecular weight excluding hydrogens is 677 g/mol. The number of hydrogen-bond acceptors (Lipinski definition) is 7. The van der Waals surface area contributed by atoms with E-state index in [-0.39, 0.29) is 27.4 Å². The molecule has 5 aromatic rings. The van der Waals surface area contributed by atoms with Gasteiger partial charge in [-0.1, -0.05) is 84.9 Å². The second-order valence-corrected chi connectivity index (χ2v) is 14.0. The third-order valence-corrected chi connectivity index (χ3v) is 11.6. The average Bonchev–Trinajstić information content (AvgIpc) is 3.12. The molecule has 233 valence electrons. The third-order valence-electron chi connectivity index (χ3n) is 6.96. The van der Waals surface area contributed by atoms with E-state index < -0.39 is 7.26 Å². The summed E-state index contributed by atoms with van der Waals surface area (Å²) >= 11 is 11.0. The van der Waals surface area contributed by atoms with Crippen LogP contribution in [-0.4, -0.2) is 40.1 Å². The number of nitrogens with zero attached hydrogens (tertiary/aromatic N) is 5. The maximum Gasteiger partial charge on any atom is 2.00 e. The Bertz CT molecular complexity index is 1690. The second-order valence-electron chi connectivity index (χ2n) is 9.72. The van der Waals surface area contributed by atoms with E-state index >= 15 is 0 Å². The quantitative estimate of drug-likeness (QED) is 0.0547. The zero-order valence-electron chi connectivity index (χ0n) is 24.9. The van der Waals surface area contributed by atoms with E-state index in [1.54, 1.807) is 19.4 Å². The number of pyridine rings is 1. The summed E-state index contributed by atoms with van der Waals surface area (Å²) in [5.74, 6) is 0. The summed E-state index contributed by atoms with van der Waals surface area (Å²) in [6.07, 6.45) is 3.95. The molecule has 2 N–H and O–H groups in total. The maximum atomic E-state index is 5.79. The van der Waals surface area contributed by atoms with Gasteiger partial charge < -0.3 is 35.9 Å². The summed E-state index contributed by atoms with van der Waals surface area (Å²) in [7, 11) is -0.486. The summed E-state index contributed by atoms with van der Waals surface area (Å²) in [5.41, 5.74) is 2.43. The van der Waals surface area contributed by atoms with Crippen molar-refractivity contribution in [1.29, 1.82) is 0 Å². The molecule has 1 heterocycles. The van der Waals surface area contributed by atoms with E-state index in [2.05, 4.69) is 109 Å². The molecule has 0 spiro atoms. The maximum absolute atomic E-state index is 5.79. The normalized spacial score (nSPS) is 12.6. The van der Waals surface area contributed by atoms with Crippen LogP contribution in [0.1, 0.15) is 11.1 Å². The van der Waals surface area contributed by atoms with Gasteiger partial charge in [0.15, 0.2) is 0 Å². The van der Waals surface area contributed by atoms with E-state index in [1.807, 2.05) is 60.7 Å². The first-order chi connectivity index (χ1) is 22.1. The van der Waals surface area contributed by atoms with Gasteiger partial charge in [-0.05, 0) is 53.7 Å². The Morgan fingerprint density at radius 1 is 0.587 bits per heavy atom. The average molecular weight is 708 g/mol. The Hall–Kier alpha value is -4.30. The predicted molar refractivity (Wildman–Crippen MR) is 196 cm³/mol. The van der Waals surface area contributed by atoms with E-state index in [0.29, 0.717) is 23.3 Å². The van der Waals surface area contributed by atoms with Gasteiger partial charge in [0.1, 0.15) is 40.9 Å². The van der Waals surface area contributed by atoms with Crippen molar-refractivity contribution in [3.63, 3.8) is 0 Å². The van der Waals surface area contributed by atoms with Gasteiger partial charge in [0, 0.05) is 35.7 Å². The molecule has 1 radical (unpaired) electrons. The summed E-state index contributed by atoms with van der Waals surface area (Å²) in [6.45, 7) is 0. The van der Waals surface area contributed by atoms with Crippen molar-refractivity contribution in [2.45, 2.75) is 0 Å². The second kappa shape index (κ2) is 17.4. The molecule has 0 fully saturated rings. The molecule has 7 nitrogen and oxygen atoms in total. The fourth-order valence-electron chi connectivity index (χ4n) is 4.81. The molecule has 0 unspecified atom stereocenters. The predicted octanol–water partition coefficient (Wildman–Crippen LogP) is 4.75. The molecule has 5 rings (SSSR count). The van der Waals surface area contributed by atoms with Gasteiger partial charge in [0.25, 0.3) is 0 Å². The van der Waals surface area contributed by atoms with Gasteiger partial charge >= 0.3 is 17.1 Å². The van der Waals surface area contributed by atoms with Gasteiger partial charge in [-0.25, -0.2) is 0 Å². The number of nitrogens with one attached hydrogen (secondary N) is 2. The molecule has 11 heteroatoms. The zero-order valence-corrected chi connectivity index (χ0v) is 28.3. The number of amidine groups is 2. The molecular formula is C35H31CuN7PS2+. The van der Waals surface area contributed by atoms with E-state index in [9.17, 15) is 0 Å². The van der Waals surface area contributed by atoms with E-state index in [1.165, 1.54) is 15.9 Å². The zero-order chi connectivity index (χ0) is 31.3. The van der Waals surface area contributed by atoms with Crippen LogP contribution in [0.25, 0.3) is 0 Å². The van der Waals surface area contributed by atoms with Crippen molar-refractivity contribution >= 4 is 70.2 Å². The first kappa shape index (κ1) is 34.6. The molecule has 0 aliphatic rings. The Morgan fingerprint density at radius 3 is 1.48 bits per heavy atom. The van der Waals surface area contributed by atoms with Crippen LogP contribution < -0.4 is 26.5 Å². The fraction of sp³-hybridized carbons (Fsp3) is 0.0571. The molecule has 4 aromatic carbocycles. The van der Waals surface area contributed by atoms with Crippen molar-refractivity contribution in [2.75, 3.05) is 13.3 Å². The first-order valence-corrected chi connectivity index (χ1v) is 17.0. The number of rotatable bonds is 10. The summed E-state index contributed by atoms with van der Waals surface area (Å²) in [4.78, 5) is 4.28. The van der Waals surface area contributed by atoms with Gasteiger partial charge in [0.05, 0.1) is 0 Å². The van der Waals surface area contributed by atoms with Crippen LogP contribution in [0.15, 0.2) is 166 Å². The number of hydrogen-bond donors (Lipinski definition) is 2. The fourth-order valence-corrected chi connectivity index (χ4v) is 8.95. The number of aromatic nitrogens is 1. The van der Waals surface area contributed by atoms with Crippen LogP contribution >= 0.6 is 7.26 Å². The van der Waals surface area contributed by atoms with Crippen molar-refractivity contribution in [3.8, 4) is 0 Å². The molecule has 1 aromatic heterocycles. The molecule has 0 saturated carbocycles. The Kier molecular flexibility index (Phi) is 13.1. The van der Waals surface area contributed by atoms with Crippen LogP contribution in [0.3, 0.4) is 0 Å². The van der Waals surface area contributed by atoms with E-state index in [4.69, 9.17) is 25.3 Å². The van der Waals surface area contributed by atoms with Crippen LogP contribution in [0.2, 0.25) is 0 Å². The van der Waals surface area contributed by atoms with Crippen LogP contribution in [-0.2, 0) is 42.3 Å². The standard InChI is InChI=1S/C35H32N7PS2.Cu/c1-36-34(44)41-40-33(28-17-14-24-37-25-28)32(27-15-6-2-7-16-27)39-42-35(45)38-26-43(29-18-8-3-9-19-29,30-20-10-4-11-21-30)31-22-12-5-13-23-31;/h2-25H,26H2,1H3,(H3-,36,38,39,40,41,42,44,45);/q;+2/p-1. The third kappa shape index (κ3) is 8.49. The van der Waals surface area contributed by atoms with Gasteiger partial charge in [-0.3, -0.25) is 4.98 Å². The van der Waals surface area contributed by atoms with Gasteiger partial charge in [-0.15, -0.1) is 10.2 Å². The molecule has 0 aliphatic heterocycles. The molecule has 46 heavy (non-hydrogen) atoms. The number of benzene rings is 4. The minimum Gasteiger partial charge on any atom is -0.741 e. The van der Waals surface area contributed by atoms with Crippen molar-refractivity contribution in [3.05, 3.63) is 157 Å². The Balaban J connectivity index is 0.00000480. The molecule has 0 atom stereocenters. The van der Waals surface area contributed by atoms with Crippen LogP contribution in [0.4, 0.5) is 0 Å². The molecule has 0 amide bonds. The minimum atomic E-state index is -2.18. The monoisotopic (exact) mass is 707 g/mol. The molecule has 0 bridgehead atoms. The van der Waals surface area contributed by atoms with Crippen LogP contribution in [0, 0.1) is 0 Å². The van der Waals surface area contributed by atoms with Gasteiger partial charge in [0.2, 0.25) is 0 Å². The first-order valence-electron chi connectivity index (χ1n) is 14.2. The minimum absolute atomic E-state index is 0. The molecule has 0 saturated heterocycles. The Labute approximate surface area is 292 Å². The Morgan fingerprint density at radius 2 is 1.02 bits per heavy atom. The topological polar surface area (TPSA) is 86.4 Å². The smallest absolute Gasteiger partial charge is 0.741 e. The summed E-state index contributed by atoms with van der Waals surface area (Å²) in [5, 5.41) is 28.3. The summed E-state index contributed by atoms with van der Waals surface area (Å²) < 4.78 is 0.